The Morgan fingerprint density at radius 3 is 3.00 bits per heavy atom. The number of aromatic nitrogens is 4. The predicted octanol–water partition coefficient (Wildman–Crippen LogP) is 3.32. The highest BCUT2D eigenvalue weighted by molar-refractivity contribution is 6.33. The summed E-state index contributed by atoms with van der Waals surface area (Å²) in [4.78, 5) is 15.7. The average molecular weight is 307 g/mol. The van der Waals surface area contributed by atoms with E-state index in [1.165, 1.54) is 24.5 Å². The Balaban J connectivity index is 2.06. The second kappa shape index (κ2) is 5.53. The highest BCUT2D eigenvalue weighted by atomic mass is 35.5. The number of imidazole rings is 1. The Bertz CT molecular complexity index is 787. The van der Waals surface area contributed by atoms with Crippen LogP contribution in [0.5, 0.6) is 0 Å². The molecule has 0 bridgehead atoms. The van der Waals surface area contributed by atoms with Gasteiger partial charge in [-0.2, -0.15) is 9.97 Å². The molecule has 0 amide bonds. The number of rotatable bonds is 4. The van der Waals surface area contributed by atoms with Crippen molar-refractivity contribution in [1.29, 1.82) is 0 Å². The van der Waals surface area contributed by atoms with Crippen LogP contribution in [0, 0.1) is 5.82 Å². The van der Waals surface area contributed by atoms with E-state index >= 15 is 0 Å². The summed E-state index contributed by atoms with van der Waals surface area (Å²) in [6, 6.07) is 4.08. The molecule has 108 valence electrons. The van der Waals surface area contributed by atoms with Gasteiger partial charge in [0.15, 0.2) is 11.5 Å². The zero-order valence-corrected chi connectivity index (χ0v) is 11.9. The van der Waals surface area contributed by atoms with Crippen LogP contribution in [-0.2, 0) is 0 Å². The number of halogens is 2. The monoisotopic (exact) mass is 306 g/mol. The predicted molar refractivity (Wildman–Crippen MR) is 80.5 cm³/mol. The van der Waals surface area contributed by atoms with Crippen LogP contribution in [0.1, 0.15) is 6.92 Å². The topological polar surface area (TPSA) is 78.5 Å². The molecule has 0 fully saturated rings. The lowest BCUT2D eigenvalue weighted by Gasteiger charge is -2.10. The first-order valence-electron chi connectivity index (χ1n) is 6.34. The van der Waals surface area contributed by atoms with Crippen LogP contribution in [0.2, 0.25) is 5.02 Å². The average Bonchev–Trinajstić information content (AvgIpc) is 2.92. The first-order valence-corrected chi connectivity index (χ1v) is 6.72. The van der Waals surface area contributed by atoms with Crippen molar-refractivity contribution in [2.24, 2.45) is 0 Å². The quantitative estimate of drug-likeness (QED) is 0.689. The van der Waals surface area contributed by atoms with Crippen molar-refractivity contribution in [3.8, 4) is 0 Å². The third kappa shape index (κ3) is 2.73. The SMILES string of the molecule is CCNc1nc(Nc2cc(F)ccc2Cl)c2[nH]cnc2n1. The fourth-order valence-corrected chi connectivity index (χ4v) is 2.05. The molecule has 0 aliphatic rings. The number of hydrogen-bond acceptors (Lipinski definition) is 5. The highest BCUT2D eigenvalue weighted by Crippen LogP contribution is 2.28. The van der Waals surface area contributed by atoms with Gasteiger partial charge in [-0.1, -0.05) is 11.6 Å². The number of aromatic amines is 1. The molecule has 0 unspecified atom stereocenters. The van der Waals surface area contributed by atoms with Crippen LogP contribution in [-0.4, -0.2) is 26.5 Å². The molecule has 3 aromatic rings. The van der Waals surface area contributed by atoms with Gasteiger partial charge in [-0.25, -0.2) is 9.37 Å². The van der Waals surface area contributed by atoms with Gasteiger partial charge in [0.2, 0.25) is 5.95 Å². The molecule has 8 heteroatoms. The van der Waals surface area contributed by atoms with Crippen molar-refractivity contribution < 1.29 is 4.39 Å². The number of benzene rings is 1. The minimum atomic E-state index is -0.385. The third-order valence-electron chi connectivity index (χ3n) is 2.80. The van der Waals surface area contributed by atoms with Crippen LogP contribution in [0.4, 0.5) is 21.8 Å². The summed E-state index contributed by atoms with van der Waals surface area (Å²) < 4.78 is 13.3. The Morgan fingerprint density at radius 1 is 1.33 bits per heavy atom. The standard InChI is InChI=1S/C13H12ClFN6/c1-2-16-13-20-11-10(17-6-18-11)12(21-13)19-9-5-7(15)3-4-8(9)14/h3-6H,2H2,1H3,(H3,16,17,18,19,20,21). The largest absolute Gasteiger partial charge is 0.354 e. The van der Waals surface area contributed by atoms with Crippen molar-refractivity contribution in [3.05, 3.63) is 35.4 Å². The van der Waals surface area contributed by atoms with Crippen LogP contribution >= 0.6 is 11.6 Å². The smallest absolute Gasteiger partial charge is 0.226 e. The number of nitrogens with one attached hydrogen (secondary N) is 3. The van der Waals surface area contributed by atoms with Crippen LogP contribution < -0.4 is 10.6 Å². The molecular weight excluding hydrogens is 295 g/mol. The van der Waals surface area contributed by atoms with Crippen molar-refractivity contribution in [2.45, 2.75) is 6.92 Å². The Morgan fingerprint density at radius 2 is 2.19 bits per heavy atom. The lowest BCUT2D eigenvalue weighted by atomic mass is 10.3. The zero-order valence-electron chi connectivity index (χ0n) is 11.1. The number of nitrogens with zero attached hydrogens (tertiary/aromatic N) is 3. The van der Waals surface area contributed by atoms with Gasteiger partial charge in [0, 0.05) is 6.54 Å². The van der Waals surface area contributed by atoms with Gasteiger partial charge in [-0.15, -0.1) is 0 Å². The van der Waals surface area contributed by atoms with Crippen molar-refractivity contribution in [3.63, 3.8) is 0 Å². The summed E-state index contributed by atoms with van der Waals surface area (Å²) in [6.45, 7) is 2.62. The van der Waals surface area contributed by atoms with E-state index in [0.717, 1.165) is 0 Å². The summed E-state index contributed by atoms with van der Waals surface area (Å²) in [5.41, 5.74) is 1.56. The summed E-state index contributed by atoms with van der Waals surface area (Å²) in [6.07, 6.45) is 1.52. The molecule has 6 nitrogen and oxygen atoms in total. The van der Waals surface area contributed by atoms with E-state index in [9.17, 15) is 4.39 Å². The fraction of sp³-hybridized carbons (Fsp3) is 0.154. The zero-order chi connectivity index (χ0) is 14.8. The van der Waals surface area contributed by atoms with Gasteiger partial charge in [0.25, 0.3) is 0 Å². The van der Waals surface area contributed by atoms with Gasteiger partial charge in [0.05, 0.1) is 17.0 Å². The molecule has 21 heavy (non-hydrogen) atoms. The molecule has 0 saturated carbocycles. The molecule has 0 atom stereocenters. The maximum Gasteiger partial charge on any atom is 0.226 e. The van der Waals surface area contributed by atoms with E-state index in [1.54, 1.807) is 0 Å². The van der Waals surface area contributed by atoms with E-state index in [2.05, 4.69) is 30.6 Å². The van der Waals surface area contributed by atoms with Gasteiger partial charge in [-0.05, 0) is 25.1 Å². The number of fused-ring (bicyclic) bond motifs is 1. The molecule has 0 aliphatic heterocycles. The van der Waals surface area contributed by atoms with E-state index < -0.39 is 0 Å². The molecule has 0 saturated heterocycles. The fourth-order valence-electron chi connectivity index (χ4n) is 1.88. The van der Waals surface area contributed by atoms with E-state index in [-0.39, 0.29) is 5.82 Å². The van der Waals surface area contributed by atoms with Gasteiger partial charge < -0.3 is 15.6 Å². The molecule has 0 radical (unpaired) electrons. The van der Waals surface area contributed by atoms with Crippen LogP contribution in [0.3, 0.4) is 0 Å². The summed E-state index contributed by atoms with van der Waals surface area (Å²) in [7, 11) is 0. The highest BCUT2D eigenvalue weighted by Gasteiger charge is 2.11. The van der Waals surface area contributed by atoms with Gasteiger partial charge in [0.1, 0.15) is 11.3 Å². The molecule has 2 aromatic heterocycles. The second-order valence-corrected chi connectivity index (χ2v) is 4.68. The molecule has 2 heterocycles. The Labute approximate surface area is 124 Å². The number of H-pyrrole nitrogens is 1. The second-order valence-electron chi connectivity index (χ2n) is 4.28. The van der Waals surface area contributed by atoms with Crippen LogP contribution in [0.25, 0.3) is 11.2 Å². The summed E-state index contributed by atoms with van der Waals surface area (Å²) >= 11 is 6.06. The molecular formula is C13H12ClFN6. The third-order valence-corrected chi connectivity index (χ3v) is 3.13. The van der Waals surface area contributed by atoms with E-state index in [4.69, 9.17) is 11.6 Å². The van der Waals surface area contributed by atoms with Crippen molar-refractivity contribution in [2.75, 3.05) is 17.2 Å². The van der Waals surface area contributed by atoms with E-state index in [0.29, 0.717) is 40.2 Å². The normalized spacial score (nSPS) is 10.8. The van der Waals surface area contributed by atoms with Crippen molar-refractivity contribution in [1.82, 2.24) is 19.9 Å². The molecule has 3 N–H and O–H groups in total. The maximum atomic E-state index is 13.3. The first kappa shape index (κ1) is 13.6. The maximum absolute atomic E-state index is 13.3. The lowest BCUT2D eigenvalue weighted by molar-refractivity contribution is 0.628. The van der Waals surface area contributed by atoms with Crippen molar-refractivity contribution >= 4 is 40.2 Å². The minimum Gasteiger partial charge on any atom is -0.354 e. The Kier molecular flexibility index (Phi) is 3.57. The summed E-state index contributed by atoms with van der Waals surface area (Å²) in [5.74, 6) is 0.525. The summed E-state index contributed by atoms with van der Waals surface area (Å²) in [5, 5.41) is 6.42. The van der Waals surface area contributed by atoms with Crippen LogP contribution in [0.15, 0.2) is 24.5 Å². The molecule has 0 aliphatic carbocycles. The minimum absolute atomic E-state index is 0.385. The Hall–Kier alpha value is -2.41. The molecule has 1 aromatic carbocycles. The van der Waals surface area contributed by atoms with E-state index in [1.807, 2.05) is 6.92 Å². The molecule has 3 rings (SSSR count). The first-order chi connectivity index (χ1) is 10.2. The van der Waals surface area contributed by atoms with Gasteiger partial charge in [-0.3, -0.25) is 0 Å². The van der Waals surface area contributed by atoms with Gasteiger partial charge >= 0.3 is 0 Å². The lowest BCUT2D eigenvalue weighted by Crippen LogP contribution is -2.05. The number of anilines is 3. The molecule has 0 spiro atoms. The number of hydrogen-bond donors (Lipinski definition) is 3.